The van der Waals surface area contributed by atoms with Gasteiger partial charge in [-0.3, -0.25) is 18.3 Å². The molecule has 7 atom stereocenters. The number of halogens is 1. The van der Waals surface area contributed by atoms with Gasteiger partial charge in [0.1, 0.15) is 29.9 Å². The van der Waals surface area contributed by atoms with E-state index in [0.717, 1.165) is 86.4 Å². The first-order valence-corrected chi connectivity index (χ1v) is 23.8. The zero-order chi connectivity index (χ0) is 45.7. The summed E-state index contributed by atoms with van der Waals surface area (Å²) in [6.07, 6.45) is 16.9. The standard InChI is InChI=1S/C49H47FN14O4/c1-25-5-35-29(3-4-55-60-35)7-33(25)56-41-52-20-37-39(58-41)64(43(65)61(37)2)47-14-28-15-48(18-31(17-47)49(47,48)16-28)68-24-62-38-21-53-42(57-36-8-30-19-51-23-54-34(30)9-32(36)50)59-40(38)63(44(62)66)45-10-26-6-27(11-45)13-46(67,12-26)22-45/h3-5,7-9,19-21,23,26-28,31,67H,6,10-18,22,24H2,1-2H3,(H,52,56,58)(H,53,57,59). The maximum absolute atomic E-state index is 15.5. The lowest BCUT2D eigenvalue weighted by molar-refractivity contribution is -0.343. The number of imidazole rings is 2. The first-order chi connectivity index (χ1) is 32.9. The van der Waals surface area contributed by atoms with Gasteiger partial charge >= 0.3 is 11.4 Å². The molecule has 19 heteroatoms. The molecule has 6 aromatic heterocycles. The molecular weight excluding hydrogens is 868 g/mol. The van der Waals surface area contributed by atoms with Gasteiger partial charge in [0.15, 0.2) is 11.3 Å². The Morgan fingerprint density at radius 1 is 0.794 bits per heavy atom. The van der Waals surface area contributed by atoms with Gasteiger partial charge in [0, 0.05) is 41.2 Å². The highest BCUT2D eigenvalue weighted by molar-refractivity contribution is 5.85. The SMILES string of the molecule is Cc1cc2nnccc2cc1Nc1ncc2c(n1)n(C13CC4CC5(OCn6c(=O)n(C78CC9CC(CC(O)(C9)C7)C8)c7nc(Nc8cc9cncnc9cc8F)ncc76)CC(C1)C53C4)c(=O)n2C. The molecule has 0 saturated heterocycles. The topological polar surface area (TPSA) is 210 Å². The molecule has 3 N–H and O–H groups in total. The Labute approximate surface area is 386 Å². The van der Waals surface area contributed by atoms with E-state index in [1.807, 2.05) is 34.3 Å². The molecule has 8 aromatic rings. The van der Waals surface area contributed by atoms with Gasteiger partial charge in [-0.1, -0.05) is 0 Å². The highest BCUT2D eigenvalue weighted by atomic mass is 19.1. The van der Waals surface area contributed by atoms with E-state index in [2.05, 4.69) is 40.8 Å². The zero-order valence-corrected chi connectivity index (χ0v) is 37.5. The van der Waals surface area contributed by atoms with Gasteiger partial charge in [-0.2, -0.15) is 20.2 Å². The molecule has 8 aliphatic rings. The Hall–Kier alpha value is -6.73. The number of ether oxygens (including phenoxy) is 1. The first-order valence-electron chi connectivity index (χ1n) is 23.8. The Morgan fingerprint density at radius 2 is 1.56 bits per heavy atom. The predicted molar refractivity (Wildman–Crippen MR) is 247 cm³/mol. The summed E-state index contributed by atoms with van der Waals surface area (Å²) in [5, 5.41) is 28.3. The summed E-state index contributed by atoms with van der Waals surface area (Å²) in [4.78, 5) is 57.6. The highest BCUT2D eigenvalue weighted by Gasteiger charge is 2.88. The van der Waals surface area contributed by atoms with E-state index in [4.69, 9.17) is 14.7 Å². The van der Waals surface area contributed by atoms with Crippen molar-refractivity contribution in [1.29, 1.82) is 0 Å². The van der Waals surface area contributed by atoms with Crippen LogP contribution in [-0.2, 0) is 29.6 Å². The summed E-state index contributed by atoms with van der Waals surface area (Å²) in [5.74, 6) is 1.31. The van der Waals surface area contributed by atoms with Gasteiger partial charge in [0.05, 0.1) is 57.6 Å². The number of rotatable bonds is 9. The molecule has 18 nitrogen and oxygen atoms in total. The van der Waals surface area contributed by atoms with Gasteiger partial charge in [-0.15, -0.1) is 0 Å². The van der Waals surface area contributed by atoms with Crippen molar-refractivity contribution in [3.8, 4) is 0 Å². The van der Waals surface area contributed by atoms with Crippen LogP contribution < -0.4 is 22.0 Å². The largest absolute Gasteiger partial charge is 0.390 e. The zero-order valence-electron chi connectivity index (χ0n) is 37.5. The number of anilines is 4. The molecule has 1 spiro atoms. The lowest BCUT2D eigenvalue weighted by Gasteiger charge is -2.76. The maximum Gasteiger partial charge on any atom is 0.332 e. The van der Waals surface area contributed by atoms with Crippen LogP contribution in [0.2, 0.25) is 0 Å². The number of aliphatic hydroxyl groups is 1. The van der Waals surface area contributed by atoms with Crippen LogP contribution in [0.4, 0.5) is 27.7 Å². The van der Waals surface area contributed by atoms with E-state index < -0.39 is 28.1 Å². The highest BCUT2D eigenvalue weighted by Crippen LogP contribution is 2.87. The smallest absolute Gasteiger partial charge is 0.332 e. The van der Waals surface area contributed by atoms with Crippen molar-refractivity contribution in [2.24, 2.45) is 36.1 Å². The van der Waals surface area contributed by atoms with Crippen LogP contribution in [-0.4, -0.2) is 74.7 Å². The van der Waals surface area contributed by atoms with Crippen LogP contribution in [0.1, 0.15) is 76.2 Å². The van der Waals surface area contributed by atoms with Crippen LogP contribution in [0.15, 0.2) is 71.0 Å². The van der Waals surface area contributed by atoms with E-state index >= 15 is 9.18 Å². The minimum Gasteiger partial charge on any atom is -0.390 e. The quantitative estimate of drug-likeness (QED) is 0.147. The molecule has 344 valence electrons. The Morgan fingerprint density at radius 3 is 2.35 bits per heavy atom. The number of aromatic nitrogens is 12. The van der Waals surface area contributed by atoms with E-state index in [-0.39, 0.29) is 35.2 Å². The molecule has 8 aliphatic carbocycles. The average Bonchev–Trinajstić information content (AvgIpc) is 3.95. The van der Waals surface area contributed by atoms with Crippen LogP contribution in [0.3, 0.4) is 0 Å². The van der Waals surface area contributed by atoms with Crippen molar-refractivity contribution in [3.63, 3.8) is 0 Å². The molecule has 6 heterocycles. The molecule has 8 fully saturated rings. The van der Waals surface area contributed by atoms with Crippen LogP contribution in [0, 0.1) is 41.8 Å². The minimum absolute atomic E-state index is 0.0282. The van der Waals surface area contributed by atoms with Gasteiger partial charge in [-0.05, 0) is 131 Å². The fourth-order valence-electron chi connectivity index (χ4n) is 16.3. The van der Waals surface area contributed by atoms with Crippen molar-refractivity contribution in [2.75, 3.05) is 10.6 Å². The number of nitrogens with one attached hydrogen (secondary N) is 2. The third-order valence-electron chi connectivity index (χ3n) is 18.2. The molecule has 7 unspecified atom stereocenters. The fraction of sp³-hybridized carbons (Fsp3) is 0.469. The molecule has 0 amide bonds. The van der Waals surface area contributed by atoms with Gasteiger partial charge in [0.2, 0.25) is 11.9 Å². The summed E-state index contributed by atoms with van der Waals surface area (Å²) in [6, 6.07) is 8.87. The lowest BCUT2D eigenvalue weighted by Crippen LogP contribution is -2.80. The molecule has 0 radical (unpaired) electrons. The molecular formula is C49H47FN14O4. The van der Waals surface area contributed by atoms with Crippen LogP contribution in [0.25, 0.3) is 44.1 Å². The third-order valence-corrected chi connectivity index (χ3v) is 18.2. The summed E-state index contributed by atoms with van der Waals surface area (Å²) in [6.45, 7) is 1.97. The van der Waals surface area contributed by atoms with Crippen molar-refractivity contribution in [3.05, 3.63) is 93.8 Å². The molecule has 16 rings (SSSR count). The molecule has 68 heavy (non-hydrogen) atoms. The fourth-order valence-corrected chi connectivity index (χ4v) is 16.3. The van der Waals surface area contributed by atoms with Crippen molar-refractivity contribution in [1.82, 2.24) is 58.4 Å². The van der Waals surface area contributed by atoms with E-state index in [1.54, 1.807) is 47.0 Å². The van der Waals surface area contributed by atoms with Gasteiger partial charge < -0.3 is 20.5 Å². The van der Waals surface area contributed by atoms with E-state index in [0.29, 0.717) is 69.3 Å². The predicted octanol–water partition coefficient (Wildman–Crippen LogP) is 6.23. The van der Waals surface area contributed by atoms with Crippen LogP contribution >= 0.6 is 0 Å². The number of fused-ring (bicyclic) bond motifs is 5. The Bertz CT molecular complexity index is 3670. The van der Waals surface area contributed by atoms with E-state index in [9.17, 15) is 9.90 Å². The second kappa shape index (κ2) is 12.9. The molecule has 8 saturated carbocycles. The maximum atomic E-state index is 15.5. The number of benzene rings is 2. The van der Waals surface area contributed by atoms with Crippen molar-refractivity contribution in [2.45, 2.75) is 107 Å². The monoisotopic (exact) mass is 914 g/mol. The number of aryl methyl sites for hydroxylation is 2. The Kier molecular flexibility index (Phi) is 7.43. The second-order valence-electron chi connectivity index (χ2n) is 21.7. The minimum atomic E-state index is -0.846. The number of hydrogen-bond donors (Lipinski definition) is 3. The van der Waals surface area contributed by atoms with Gasteiger partial charge in [0.25, 0.3) is 0 Å². The van der Waals surface area contributed by atoms with Crippen molar-refractivity contribution >= 4 is 67.4 Å². The number of nitrogens with zero attached hydrogens (tertiary/aromatic N) is 12. The van der Waals surface area contributed by atoms with E-state index in [1.165, 1.54) is 12.4 Å². The van der Waals surface area contributed by atoms with Crippen molar-refractivity contribution < 1.29 is 14.2 Å². The summed E-state index contributed by atoms with van der Waals surface area (Å²) in [5.41, 5.74) is 2.16. The first kappa shape index (κ1) is 39.3. The summed E-state index contributed by atoms with van der Waals surface area (Å²) < 4.78 is 29.9. The lowest BCUT2D eigenvalue weighted by atomic mass is 9.33. The summed E-state index contributed by atoms with van der Waals surface area (Å²) in [7, 11) is 1.79. The van der Waals surface area contributed by atoms with Gasteiger partial charge in [-0.25, -0.2) is 33.9 Å². The second-order valence-corrected chi connectivity index (χ2v) is 21.7. The molecule has 2 aromatic carbocycles. The summed E-state index contributed by atoms with van der Waals surface area (Å²) >= 11 is 0. The van der Waals surface area contributed by atoms with Crippen LogP contribution in [0.5, 0.6) is 0 Å². The average molecular weight is 915 g/mol. The molecule has 0 aliphatic heterocycles. The normalized spacial score (nSPS) is 32.6. The number of hydrogen-bond acceptors (Lipinski definition) is 14. The Balaban J connectivity index is 0.800. The third kappa shape index (κ3) is 4.92. The molecule has 6 bridgehead atoms.